The van der Waals surface area contributed by atoms with E-state index < -0.39 is 0 Å². The highest BCUT2D eigenvalue weighted by molar-refractivity contribution is 8.01. The molecule has 0 aliphatic heterocycles. The molecule has 1 rings (SSSR count). The van der Waals surface area contributed by atoms with Crippen LogP contribution in [0.5, 0.6) is 0 Å². The number of hydrogen-bond acceptors (Lipinski definition) is 5. The van der Waals surface area contributed by atoms with Gasteiger partial charge in [-0.25, -0.2) is 0 Å². The number of carbonyl (C=O) groups is 1. The summed E-state index contributed by atoms with van der Waals surface area (Å²) in [5.74, 6) is 0.260. The van der Waals surface area contributed by atoms with Gasteiger partial charge in [-0.2, -0.15) is 0 Å². The van der Waals surface area contributed by atoms with Gasteiger partial charge in [0.2, 0.25) is 5.24 Å². The lowest BCUT2D eigenvalue weighted by molar-refractivity contribution is -0.109. The normalized spacial score (nSPS) is 10.0. The zero-order chi connectivity index (χ0) is 8.27. The van der Waals surface area contributed by atoms with Crippen LogP contribution in [0.25, 0.3) is 0 Å². The number of hydrogen-bond donors (Lipinski definition) is 0. The first-order valence-corrected chi connectivity index (χ1v) is 4.97. The highest BCUT2D eigenvalue weighted by Gasteiger charge is 2.03. The average molecular weight is 209 g/mol. The van der Waals surface area contributed by atoms with E-state index in [0.29, 0.717) is 0 Å². The molecule has 0 radical (unpaired) electrons. The van der Waals surface area contributed by atoms with Crippen molar-refractivity contribution >= 4 is 39.9 Å². The molecule has 0 unspecified atom stereocenters. The Morgan fingerprint density at radius 2 is 2.45 bits per heavy atom. The average Bonchev–Trinajstić information content (AvgIpc) is 2.31. The molecule has 0 spiro atoms. The third-order valence-electron chi connectivity index (χ3n) is 0.817. The van der Waals surface area contributed by atoms with Crippen molar-refractivity contribution in [2.24, 2.45) is 0 Å². The van der Waals surface area contributed by atoms with Crippen LogP contribution in [0.15, 0.2) is 4.34 Å². The highest BCUT2D eigenvalue weighted by Crippen LogP contribution is 2.21. The minimum atomic E-state index is -0.358. The molecule has 6 heteroatoms. The molecule has 0 saturated heterocycles. The summed E-state index contributed by atoms with van der Waals surface area (Å²) in [4.78, 5) is 10.3. The molecular weight excluding hydrogens is 204 g/mol. The molecule has 0 N–H and O–H groups in total. The maximum atomic E-state index is 10.3. The maximum Gasteiger partial charge on any atom is 0.231 e. The molecule has 0 fully saturated rings. The molecule has 1 heterocycles. The van der Waals surface area contributed by atoms with Gasteiger partial charge in [0.15, 0.2) is 4.34 Å². The number of halogens is 1. The fraction of sp³-hybridized carbons (Fsp3) is 0.400. The molecule has 0 bridgehead atoms. The minimum absolute atomic E-state index is 0.260. The molecule has 0 saturated carbocycles. The van der Waals surface area contributed by atoms with Gasteiger partial charge in [-0.05, 0) is 18.5 Å². The topological polar surface area (TPSA) is 42.9 Å². The summed E-state index contributed by atoms with van der Waals surface area (Å²) >= 11 is 7.90. The second-order valence-electron chi connectivity index (χ2n) is 1.73. The Hall–Kier alpha value is -0.130. The third-order valence-corrected chi connectivity index (χ3v) is 3.08. The van der Waals surface area contributed by atoms with Crippen LogP contribution in [0.4, 0.5) is 0 Å². The zero-order valence-electron chi connectivity index (χ0n) is 5.70. The molecule has 1 aromatic rings. The largest absolute Gasteiger partial charge is 0.280 e. The predicted molar refractivity (Wildman–Crippen MR) is 46.2 cm³/mol. The lowest BCUT2D eigenvalue weighted by Gasteiger charge is -1.86. The molecule has 1 aromatic heterocycles. The van der Waals surface area contributed by atoms with Crippen LogP contribution in [-0.2, 0) is 4.79 Å². The number of aryl methyl sites for hydroxylation is 1. The maximum absolute atomic E-state index is 10.3. The van der Waals surface area contributed by atoms with Crippen LogP contribution < -0.4 is 0 Å². The van der Waals surface area contributed by atoms with Crippen molar-refractivity contribution in [2.75, 3.05) is 5.75 Å². The molecular formula is C5H5ClN2OS2. The summed E-state index contributed by atoms with van der Waals surface area (Å²) < 4.78 is 0.788. The molecule has 0 aliphatic rings. The molecule has 0 amide bonds. The van der Waals surface area contributed by atoms with Crippen molar-refractivity contribution in [1.82, 2.24) is 10.2 Å². The monoisotopic (exact) mass is 208 g/mol. The van der Waals surface area contributed by atoms with Gasteiger partial charge in [-0.3, -0.25) is 4.79 Å². The predicted octanol–water partition coefficient (Wildman–Crippen LogP) is 1.70. The van der Waals surface area contributed by atoms with Crippen molar-refractivity contribution in [1.29, 1.82) is 0 Å². The van der Waals surface area contributed by atoms with E-state index in [1.54, 1.807) is 0 Å². The van der Waals surface area contributed by atoms with Crippen LogP contribution in [-0.4, -0.2) is 21.2 Å². The first-order valence-electron chi connectivity index (χ1n) is 2.79. The lowest BCUT2D eigenvalue weighted by Crippen LogP contribution is -1.88. The second-order valence-corrected chi connectivity index (χ2v) is 4.56. The van der Waals surface area contributed by atoms with E-state index in [1.165, 1.54) is 23.1 Å². The fourth-order valence-electron chi connectivity index (χ4n) is 0.455. The van der Waals surface area contributed by atoms with Gasteiger partial charge in [0, 0.05) is 0 Å². The van der Waals surface area contributed by atoms with E-state index in [0.717, 1.165) is 9.35 Å². The lowest BCUT2D eigenvalue weighted by atomic mass is 10.9. The van der Waals surface area contributed by atoms with E-state index in [4.69, 9.17) is 11.6 Å². The first-order chi connectivity index (χ1) is 5.18. The van der Waals surface area contributed by atoms with Gasteiger partial charge in [-0.15, -0.1) is 10.2 Å². The summed E-state index contributed by atoms with van der Waals surface area (Å²) in [5.41, 5.74) is 0. The summed E-state index contributed by atoms with van der Waals surface area (Å²) in [6.07, 6.45) is 0. The van der Waals surface area contributed by atoms with Gasteiger partial charge in [0.25, 0.3) is 0 Å². The van der Waals surface area contributed by atoms with E-state index in [-0.39, 0.29) is 11.0 Å². The summed E-state index contributed by atoms with van der Waals surface area (Å²) in [6, 6.07) is 0. The molecule has 0 aliphatic carbocycles. The number of aromatic nitrogens is 2. The van der Waals surface area contributed by atoms with Gasteiger partial charge in [0.1, 0.15) is 5.01 Å². The van der Waals surface area contributed by atoms with Gasteiger partial charge < -0.3 is 0 Å². The zero-order valence-corrected chi connectivity index (χ0v) is 8.09. The molecule has 0 aromatic carbocycles. The molecule has 0 atom stereocenters. The Morgan fingerprint density at radius 3 is 2.91 bits per heavy atom. The van der Waals surface area contributed by atoms with Gasteiger partial charge in [0.05, 0.1) is 5.75 Å². The van der Waals surface area contributed by atoms with Crippen molar-refractivity contribution in [3.05, 3.63) is 5.01 Å². The van der Waals surface area contributed by atoms with Crippen LogP contribution in [0.1, 0.15) is 5.01 Å². The van der Waals surface area contributed by atoms with Crippen molar-refractivity contribution in [2.45, 2.75) is 11.3 Å². The van der Waals surface area contributed by atoms with Crippen molar-refractivity contribution < 1.29 is 4.79 Å². The van der Waals surface area contributed by atoms with E-state index >= 15 is 0 Å². The molecule has 11 heavy (non-hydrogen) atoms. The van der Waals surface area contributed by atoms with Gasteiger partial charge >= 0.3 is 0 Å². The van der Waals surface area contributed by atoms with Crippen LogP contribution in [0.3, 0.4) is 0 Å². The quantitative estimate of drug-likeness (QED) is 0.560. The number of rotatable bonds is 3. The van der Waals surface area contributed by atoms with Crippen LogP contribution in [0.2, 0.25) is 0 Å². The SMILES string of the molecule is Cc1nnc(SCC(=O)Cl)s1. The Bertz CT molecular complexity index is 263. The Morgan fingerprint density at radius 1 is 1.73 bits per heavy atom. The summed E-state index contributed by atoms with van der Waals surface area (Å²) in [7, 11) is 0. The smallest absolute Gasteiger partial charge is 0.231 e. The van der Waals surface area contributed by atoms with E-state index in [1.807, 2.05) is 6.92 Å². The van der Waals surface area contributed by atoms with Crippen LogP contribution >= 0.6 is 34.7 Å². The highest BCUT2D eigenvalue weighted by atomic mass is 35.5. The molecule has 3 nitrogen and oxygen atoms in total. The van der Waals surface area contributed by atoms with E-state index in [9.17, 15) is 4.79 Å². The fourth-order valence-corrected chi connectivity index (χ4v) is 2.14. The van der Waals surface area contributed by atoms with Crippen LogP contribution in [0, 0.1) is 6.92 Å². The first kappa shape index (κ1) is 8.96. The number of carbonyl (C=O) groups excluding carboxylic acids is 1. The van der Waals surface area contributed by atoms with E-state index in [2.05, 4.69) is 10.2 Å². The third kappa shape index (κ3) is 3.18. The number of thioether (sulfide) groups is 1. The minimum Gasteiger partial charge on any atom is -0.280 e. The second kappa shape index (κ2) is 4.04. The summed E-state index contributed by atoms with van der Waals surface area (Å²) in [5, 5.41) is 8.14. The van der Waals surface area contributed by atoms with Gasteiger partial charge in [-0.1, -0.05) is 23.1 Å². The Balaban J connectivity index is 2.45. The summed E-state index contributed by atoms with van der Waals surface area (Å²) in [6.45, 7) is 1.87. The Kier molecular flexibility index (Phi) is 3.29. The number of nitrogens with zero attached hydrogens (tertiary/aromatic N) is 2. The standard InChI is InChI=1S/C5H5ClN2OS2/c1-3-7-8-5(11-3)10-2-4(6)9/h2H2,1H3. The molecule has 60 valence electrons. The van der Waals surface area contributed by atoms with Crippen molar-refractivity contribution in [3.8, 4) is 0 Å². The van der Waals surface area contributed by atoms with Crippen molar-refractivity contribution in [3.63, 3.8) is 0 Å². The Labute approximate surface area is 77.2 Å².